The maximum Gasteiger partial charge on any atom is 0.337 e. The number of anilines is 1. The molecule has 0 radical (unpaired) electrons. The lowest BCUT2D eigenvalue weighted by molar-refractivity contribution is -0.122. The number of imide groups is 2. The van der Waals surface area contributed by atoms with Gasteiger partial charge in [0.1, 0.15) is 22.8 Å². The Morgan fingerprint density at radius 2 is 1.86 bits per heavy atom. The molecule has 1 aliphatic heterocycles. The van der Waals surface area contributed by atoms with Crippen LogP contribution in [0.5, 0.6) is 5.75 Å². The zero-order valence-electron chi connectivity index (χ0n) is 19.3. The molecule has 2 heterocycles. The van der Waals surface area contributed by atoms with Gasteiger partial charge in [0.05, 0.1) is 25.0 Å². The van der Waals surface area contributed by atoms with E-state index in [4.69, 9.17) is 13.9 Å². The van der Waals surface area contributed by atoms with Crippen LogP contribution in [0.1, 0.15) is 28.6 Å². The van der Waals surface area contributed by atoms with Crippen LogP contribution in [0, 0.1) is 6.92 Å². The van der Waals surface area contributed by atoms with Gasteiger partial charge in [0.2, 0.25) is 0 Å². The summed E-state index contributed by atoms with van der Waals surface area (Å²) in [4.78, 5) is 50.8. The number of rotatable bonds is 6. The molecule has 1 fully saturated rings. The number of esters is 1. The molecule has 4 amide bonds. The molecule has 1 N–H and O–H groups in total. The SMILES string of the molecule is CCOc1ccccc1N1C(=O)NC(=O)/C(=C\c2ccc(-c3ccc(C(=O)OC)cc3C)o2)C1=O. The highest BCUT2D eigenvalue weighted by molar-refractivity contribution is 6.39. The van der Waals surface area contributed by atoms with Gasteiger partial charge in [-0.15, -0.1) is 0 Å². The van der Waals surface area contributed by atoms with E-state index < -0.39 is 23.8 Å². The smallest absolute Gasteiger partial charge is 0.337 e. The van der Waals surface area contributed by atoms with Crippen LogP contribution in [0.15, 0.2) is 64.6 Å². The molecule has 0 bridgehead atoms. The Labute approximate surface area is 200 Å². The Balaban J connectivity index is 1.66. The van der Waals surface area contributed by atoms with Gasteiger partial charge >= 0.3 is 12.0 Å². The first-order valence-electron chi connectivity index (χ1n) is 10.8. The van der Waals surface area contributed by atoms with Gasteiger partial charge in [-0.05, 0) is 61.9 Å². The number of methoxy groups -OCH3 is 1. The average Bonchev–Trinajstić information content (AvgIpc) is 3.30. The van der Waals surface area contributed by atoms with Crippen LogP contribution >= 0.6 is 0 Å². The summed E-state index contributed by atoms with van der Waals surface area (Å²) in [5.41, 5.74) is 1.86. The second-order valence-corrected chi connectivity index (χ2v) is 7.58. The first kappa shape index (κ1) is 23.5. The molecule has 0 atom stereocenters. The minimum absolute atomic E-state index is 0.219. The number of amides is 4. The lowest BCUT2D eigenvalue weighted by Gasteiger charge is -2.27. The van der Waals surface area contributed by atoms with E-state index in [-0.39, 0.29) is 17.0 Å². The standard InChI is InChI=1S/C26H22N2O7/c1-4-34-22-8-6-5-7-20(22)28-24(30)19(23(29)27-26(28)32)14-17-10-12-21(35-17)18-11-9-16(13-15(18)2)25(31)33-3/h5-14H,4H2,1-3H3,(H,27,29,32)/b19-14+. The molecule has 0 aliphatic carbocycles. The fourth-order valence-electron chi connectivity index (χ4n) is 3.70. The van der Waals surface area contributed by atoms with Crippen molar-refractivity contribution in [2.75, 3.05) is 18.6 Å². The Hall–Kier alpha value is -4.66. The predicted octanol–water partition coefficient (Wildman–Crippen LogP) is 4.11. The Morgan fingerprint density at radius 3 is 2.57 bits per heavy atom. The number of nitrogens with one attached hydrogen (secondary N) is 1. The van der Waals surface area contributed by atoms with Gasteiger partial charge in [-0.3, -0.25) is 14.9 Å². The minimum atomic E-state index is -0.870. The highest BCUT2D eigenvalue weighted by Gasteiger charge is 2.38. The number of carbonyl (C=O) groups excluding carboxylic acids is 4. The summed E-state index contributed by atoms with van der Waals surface area (Å²) in [5, 5.41) is 2.19. The van der Waals surface area contributed by atoms with Crippen molar-refractivity contribution in [2.45, 2.75) is 13.8 Å². The summed E-state index contributed by atoms with van der Waals surface area (Å²) in [6.07, 6.45) is 1.28. The molecule has 3 aromatic rings. The molecule has 35 heavy (non-hydrogen) atoms. The molecule has 178 valence electrons. The number of aryl methyl sites for hydroxylation is 1. The first-order chi connectivity index (χ1) is 16.8. The number of barbiturate groups is 1. The zero-order chi connectivity index (χ0) is 25.1. The normalized spacial score (nSPS) is 14.8. The second kappa shape index (κ2) is 9.68. The molecule has 0 spiro atoms. The minimum Gasteiger partial charge on any atom is -0.492 e. The number of furan rings is 1. The zero-order valence-corrected chi connectivity index (χ0v) is 19.3. The van der Waals surface area contributed by atoms with E-state index >= 15 is 0 Å². The van der Waals surface area contributed by atoms with E-state index in [0.717, 1.165) is 16.0 Å². The van der Waals surface area contributed by atoms with Crippen molar-refractivity contribution in [3.05, 3.63) is 77.1 Å². The van der Waals surface area contributed by atoms with Gasteiger partial charge in [-0.25, -0.2) is 14.5 Å². The van der Waals surface area contributed by atoms with Crippen LogP contribution in [0.25, 0.3) is 17.4 Å². The third-order valence-corrected chi connectivity index (χ3v) is 5.33. The molecule has 1 aliphatic rings. The van der Waals surface area contributed by atoms with E-state index in [1.165, 1.54) is 13.2 Å². The molecule has 1 saturated heterocycles. The van der Waals surface area contributed by atoms with Crippen molar-refractivity contribution in [3.63, 3.8) is 0 Å². The lowest BCUT2D eigenvalue weighted by atomic mass is 10.0. The maximum atomic E-state index is 13.2. The number of urea groups is 1. The van der Waals surface area contributed by atoms with E-state index in [0.29, 0.717) is 23.7 Å². The monoisotopic (exact) mass is 474 g/mol. The summed E-state index contributed by atoms with van der Waals surface area (Å²) >= 11 is 0. The Bertz CT molecular complexity index is 1370. The van der Waals surface area contributed by atoms with E-state index in [2.05, 4.69) is 5.32 Å². The van der Waals surface area contributed by atoms with Gasteiger partial charge < -0.3 is 13.9 Å². The van der Waals surface area contributed by atoms with Gasteiger partial charge in [-0.1, -0.05) is 18.2 Å². The molecule has 0 saturated carbocycles. The Morgan fingerprint density at radius 1 is 1.09 bits per heavy atom. The van der Waals surface area contributed by atoms with Crippen molar-refractivity contribution < 1.29 is 33.1 Å². The highest BCUT2D eigenvalue weighted by Crippen LogP contribution is 2.32. The fraction of sp³-hybridized carbons (Fsp3) is 0.154. The van der Waals surface area contributed by atoms with Gasteiger partial charge in [-0.2, -0.15) is 0 Å². The molecule has 2 aromatic carbocycles. The largest absolute Gasteiger partial charge is 0.492 e. The molecular weight excluding hydrogens is 452 g/mol. The Kier molecular flexibility index (Phi) is 6.50. The van der Waals surface area contributed by atoms with Crippen LogP contribution in [0.3, 0.4) is 0 Å². The average molecular weight is 474 g/mol. The number of benzene rings is 2. The number of hydrogen-bond acceptors (Lipinski definition) is 7. The summed E-state index contributed by atoms with van der Waals surface area (Å²) in [6.45, 7) is 3.93. The van der Waals surface area contributed by atoms with Crippen LogP contribution in [-0.4, -0.2) is 37.5 Å². The number of hydrogen-bond donors (Lipinski definition) is 1. The van der Waals surface area contributed by atoms with Crippen molar-refractivity contribution >= 4 is 35.6 Å². The third kappa shape index (κ3) is 4.56. The number of carbonyl (C=O) groups is 4. The highest BCUT2D eigenvalue weighted by atomic mass is 16.5. The van der Waals surface area contributed by atoms with Crippen molar-refractivity contribution in [1.29, 1.82) is 0 Å². The third-order valence-electron chi connectivity index (χ3n) is 5.33. The van der Waals surface area contributed by atoms with Crippen LogP contribution in [0.2, 0.25) is 0 Å². The molecular formula is C26H22N2O7. The summed E-state index contributed by atoms with van der Waals surface area (Å²) in [6, 6.07) is 14.0. The van der Waals surface area contributed by atoms with E-state index in [1.807, 2.05) is 6.92 Å². The predicted molar refractivity (Wildman–Crippen MR) is 127 cm³/mol. The lowest BCUT2D eigenvalue weighted by Crippen LogP contribution is -2.54. The first-order valence-corrected chi connectivity index (χ1v) is 10.8. The summed E-state index contributed by atoms with van der Waals surface area (Å²) < 4.78 is 16.1. The number of nitrogens with zero attached hydrogens (tertiary/aromatic N) is 1. The van der Waals surface area contributed by atoms with Crippen LogP contribution < -0.4 is 15.0 Å². The van der Waals surface area contributed by atoms with Gasteiger partial charge in [0.25, 0.3) is 11.8 Å². The van der Waals surface area contributed by atoms with Crippen LogP contribution in [0.4, 0.5) is 10.5 Å². The molecule has 9 heteroatoms. The van der Waals surface area contributed by atoms with E-state index in [9.17, 15) is 19.2 Å². The van der Waals surface area contributed by atoms with Crippen molar-refractivity contribution in [3.8, 4) is 17.1 Å². The summed E-state index contributed by atoms with van der Waals surface area (Å²) in [7, 11) is 1.31. The number of para-hydroxylation sites is 2. The quantitative estimate of drug-likeness (QED) is 0.325. The van der Waals surface area contributed by atoms with E-state index in [1.54, 1.807) is 61.5 Å². The van der Waals surface area contributed by atoms with Crippen molar-refractivity contribution in [2.24, 2.45) is 0 Å². The molecule has 9 nitrogen and oxygen atoms in total. The van der Waals surface area contributed by atoms with Crippen LogP contribution in [-0.2, 0) is 14.3 Å². The van der Waals surface area contributed by atoms with Crippen molar-refractivity contribution in [1.82, 2.24) is 5.32 Å². The number of ether oxygens (including phenoxy) is 2. The molecule has 4 rings (SSSR count). The van der Waals surface area contributed by atoms with Gasteiger partial charge in [0, 0.05) is 5.56 Å². The molecule has 0 unspecified atom stereocenters. The topological polar surface area (TPSA) is 115 Å². The fourth-order valence-corrected chi connectivity index (χ4v) is 3.70. The second-order valence-electron chi connectivity index (χ2n) is 7.58. The molecule has 1 aromatic heterocycles. The van der Waals surface area contributed by atoms with Gasteiger partial charge in [0.15, 0.2) is 0 Å². The maximum absolute atomic E-state index is 13.2. The summed E-state index contributed by atoms with van der Waals surface area (Å²) in [5.74, 6) is -1.04.